The quantitative estimate of drug-likeness (QED) is 0.564. The largest absolute Gasteiger partial charge is 0.380 e. The van der Waals surface area contributed by atoms with Crippen LogP contribution in [0.5, 0.6) is 0 Å². The lowest BCUT2D eigenvalue weighted by Gasteiger charge is -2.09. The molecule has 1 aliphatic rings. The molecule has 1 rings (SSSR count). The van der Waals surface area contributed by atoms with Gasteiger partial charge in [-0.05, 0) is 19.8 Å². The van der Waals surface area contributed by atoms with Crippen LogP contribution in [0.1, 0.15) is 19.8 Å². The van der Waals surface area contributed by atoms with E-state index in [2.05, 4.69) is 4.18 Å². The van der Waals surface area contributed by atoms with Gasteiger partial charge in [-0.15, -0.1) is 0 Å². The first-order chi connectivity index (χ1) is 4.97. The molecular formula is C5H11NO4S. The maximum Gasteiger partial charge on any atom is 0.338 e. The lowest BCUT2D eigenvalue weighted by Crippen LogP contribution is -2.30. The maximum atomic E-state index is 10.8. The zero-order chi connectivity index (χ0) is 8.54. The lowest BCUT2D eigenvalue weighted by molar-refractivity contribution is 0.195. The summed E-state index contributed by atoms with van der Waals surface area (Å²) >= 11 is 0. The average molecular weight is 181 g/mol. The predicted octanol–water partition coefficient (Wildman–Crippen LogP) is -0.660. The van der Waals surface area contributed by atoms with Crippen molar-refractivity contribution >= 4 is 10.3 Å². The molecule has 0 saturated heterocycles. The van der Waals surface area contributed by atoms with Gasteiger partial charge in [0.2, 0.25) is 0 Å². The first-order valence-corrected chi connectivity index (χ1v) is 4.69. The second-order valence-corrected chi connectivity index (χ2v) is 4.15. The Bertz CT molecular complexity index is 231. The molecule has 1 fully saturated rings. The van der Waals surface area contributed by atoms with Gasteiger partial charge in [0.15, 0.2) is 0 Å². The van der Waals surface area contributed by atoms with Gasteiger partial charge in [-0.3, -0.25) is 4.18 Å². The standard InChI is InChI=1S/C5H11NO4S/c1-5(2-3-5)10-11(8,9)6-4-7/h6-7H,2-4H2,1H3. The molecule has 0 aromatic heterocycles. The summed E-state index contributed by atoms with van der Waals surface area (Å²) in [6, 6.07) is 0. The topological polar surface area (TPSA) is 75.6 Å². The minimum atomic E-state index is -3.73. The average Bonchev–Trinajstić information content (AvgIpc) is 2.45. The molecule has 0 aromatic carbocycles. The number of nitrogens with one attached hydrogen (secondary N) is 1. The van der Waals surface area contributed by atoms with Gasteiger partial charge >= 0.3 is 10.3 Å². The van der Waals surface area contributed by atoms with Crippen LogP contribution in [0.3, 0.4) is 0 Å². The minimum absolute atomic E-state index is 0.527. The SMILES string of the molecule is CC1(OS(=O)(=O)NCO)CC1. The van der Waals surface area contributed by atoms with E-state index in [-0.39, 0.29) is 0 Å². The molecular weight excluding hydrogens is 170 g/mol. The third kappa shape index (κ3) is 2.74. The van der Waals surface area contributed by atoms with Crippen molar-refractivity contribution in [1.82, 2.24) is 4.72 Å². The number of aliphatic hydroxyl groups excluding tert-OH is 1. The van der Waals surface area contributed by atoms with Gasteiger partial charge in [-0.2, -0.15) is 13.1 Å². The molecule has 0 spiro atoms. The number of hydrogen-bond acceptors (Lipinski definition) is 4. The van der Waals surface area contributed by atoms with Crippen LogP contribution in [0, 0.1) is 0 Å². The summed E-state index contributed by atoms with van der Waals surface area (Å²) in [6.45, 7) is 1.09. The number of aliphatic hydroxyl groups is 1. The summed E-state index contributed by atoms with van der Waals surface area (Å²) < 4.78 is 28.1. The summed E-state index contributed by atoms with van der Waals surface area (Å²) in [5, 5.41) is 8.25. The Balaban J connectivity index is 2.47. The first-order valence-electron chi connectivity index (χ1n) is 3.29. The summed E-state index contributed by atoms with van der Waals surface area (Å²) in [6.07, 6.45) is 1.50. The minimum Gasteiger partial charge on any atom is -0.380 e. The summed E-state index contributed by atoms with van der Waals surface area (Å²) in [4.78, 5) is 0. The van der Waals surface area contributed by atoms with Crippen LogP contribution in [0.4, 0.5) is 0 Å². The molecule has 0 amide bonds. The summed E-state index contributed by atoms with van der Waals surface area (Å²) in [7, 11) is -3.73. The van der Waals surface area contributed by atoms with Crippen molar-refractivity contribution in [2.24, 2.45) is 0 Å². The Labute approximate surface area is 65.6 Å². The fourth-order valence-electron chi connectivity index (χ4n) is 0.633. The monoisotopic (exact) mass is 181 g/mol. The van der Waals surface area contributed by atoms with Gasteiger partial charge in [-0.1, -0.05) is 0 Å². The molecule has 66 valence electrons. The molecule has 1 aliphatic carbocycles. The van der Waals surface area contributed by atoms with Crippen LogP contribution < -0.4 is 4.72 Å². The molecule has 0 aliphatic heterocycles. The Hall–Kier alpha value is -0.170. The van der Waals surface area contributed by atoms with Gasteiger partial charge in [-0.25, -0.2) is 0 Å². The fourth-order valence-corrected chi connectivity index (χ4v) is 1.55. The predicted molar refractivity (Wildman–Crippen MR) is 37.9 cm³/mol. The van der Waals surface area contributed by atoms with E-state index in [0.29, 0.717) is 0 Å². The fraction of sp³-hybridized carbons (Fsp3) is 1.00. The lowest BCUT2D eigenvalue weighted by atomic mass is 10.4. The van der Waals surface area contributed by atoms with Gasteiger partial charge in [0.1, 0.15) is 6.73 Å². The molecule has 0 atom stereocenters. The molecule has 6 heteroatoms. The third-order valence-corrected chi connectivity index (χ3v) is 2.61. The van der Waals surface area contributed by atoms with E-state index in [9.17, 15) is 8.42 Å². The van der Waals surface area contributed by atoms with Crippen molar-refractivity contribution in [3.05, 3.63) is 0 Å². The Morgan fingerprint density at radius 3 is 2.55 bits per heavy atom. The Morgan fingerprint density at radius 1 is 1.64 bits per heavy atom. The zero-order valence-corrected chi connectivity index (χ0v) is 7.02. The molecule has 0 bridgehead atoms. The number of hydrogen-bond donors (Lipinski definition) is 2. The van der Waals surface area contributed by atoms with Gasteiger partial charge in [0.25, 0.3) is 0 Å². The van der Waals surface area contributed by atoms with Gasteiger partial charge in [0.05, 0.1) is 5.60 Å². The molecule has 1 saturated carbocycles. The molecule has 5 nitrogen and oxygen atoms in total. The normalized spacial score (nSPS) is 21.6. The van der Waals surface area contributed by atoms with E-state index in [1.807, 2.05) is 4.72 Å². The van der Waals surface area contributed by atoms with E-state index in [1.165, 1.54) is 0 Å². The van der Waals surface area contributed by atoms with Crippen molar-refractivity contribution in [2.75, 3.05) is 6.73 Å². The van der Waals surface area contributed by atoms with Crippen LogP contribution in [-0.4, -0.2) is 25.9 Å². The molecule has 0 heterocycles. The van der Waals surface area contributed by atoms with E-state index in [1.54, 1.807) is 6.92 Å². The number of rotatable bonds is 4. The summed E-state index contributed by atoms with van der Waals surface area (Å²) in [5.41, 5.74) is -0.527. The van der Waals surface area contributed by atoms with Crippen LogP contribution in [-0.2, 0) is 14.5 Å². The van der Waals surface area contributed by atoms with Gasteiger partial charge in [0, 0.05) is 0 Å². The highest BCUT2D eigenvalue weighted by Crippen LogP contribution is 2.39. The third-order valence-electron chi connectivity index (χ3n) is 1.51. The Kier molecular flexibility index (Phi) is 2.19. The summed E-state index contributed by atoms with van der Waals surface area (Å²) in [5.74, 6) is 0. The van der Waals surface area contributed by atoms with Crippen LogP contribution in [0.25, 0.3) is 0 Å². The highest BCUT2D eigenvalue weighted by atomic mass is 32.2. The van der Waals surface area contributed by atoms with E-state index < -0.39 is 22.6 Å². The second kappa shape index (κ2) is 2.71. The van der Waals surface area contributed by atoms with E-state index in [0.717, 1.165) is 12.8 Å². The smallest absolute Gasteiger partial charge is 0.338 e. The van der Waals surface area contributed by atoms with Crippen molar-refractivity contribution in [3.63, 3.8) is 0 Å². The van der Waals surface area contributed by atoms with E-state index >= 15 is 0 Å². The van der Waals surface area contributed by atoms with Crippen LogP contribution in [0.15, 0.2) is 0 Å². The zero-order valence-electron chi connectivity index (χ0n) is 6.20. The highest BCUT2D eigenvalue weighted by Gasteiger charge is 2.43. The molecule has 2 N–H and O–H groups in total. The van der Waals surface area contributed by atoms with Gasteiger partial charge < -0.3 is 5.11 Å². The van der Waals surface area contributed by atoms with Crippen molar-refractivity contribution < 1.29 is 17.7 Å². The molecule has 0 radical (unpaired) electrons. The second-order valence-electron chi connectivity index (χ2n) is 2.79. The highest BCUT2D eigenvalue weighted by molar-refractivity contribution is 7.84. The van der Waals surface area contributed by atoms with E-state index in [4.69, 9.17) is 5.11 Å². The van der Waals surface area contributed by atoms with Crippen LogP contribution in [0.2, 0.25) is 0 Å². The van der Waals surface area contributed by atoms with Crippen LogP contribution >= 0.6 is 0 Å². The first kappa shape index (κ1) is 8.92. The van der Waals surface area contributed by atoms with Crippen molar-refractivity contribution in [3.8, 4) is 0 Å². The maximum absolute atomic E-state index is 10.8. The molecule has 11 heavy (non-hydrogen) atoms. The van der Waals surface area contributed by atoms with Crippen molar-refractivity contribution in [2.45, 2.75) is 25.4 Å². The molecule has 0 aromatic rings. The van der Waals surface area contributed by atoms with Crippen molar-refractivity contribution in [1.29, 1.82) is 0 Å². The Morgan fingerprint density at radius 2 is 2.18 bits per heavy atom. The molecule has 0 unspecified atom stereocenters.